The number of nitrogens with two attached hydrogens (primary N) is 1. The van der Waals surface area contributed by atoms with Gasteiger partial charge in [0.1, 0.15) is 11.7 Å². The van der Waals surface area contributed by atoms with E-state index in [0.717, 1.165) is 35.6 Å². The third-order valence-electron chi connectivity index (χ3n) is 4.58. The van der Waals surface area contributed by atoms with Crippen LogP contribution in [0.15, 0.2) is 68.2 Å². The Labute approximate surface area is 171 Å². The SMILES string of the molecule is C=C(/C=N\C1=C(C)CC(N)=NC(C)=N1)CN1CCSc2cc(C(=C)C)ccc21. The Morgan fingerprint density at radius 1 is 1.32 bits per heavy atom. The Balaban J connectivity index is 1.73. The number of nitrogens with zero attached hydrogens (tertiary/aromatic N) is 4. The molecule has 1 aromatic carbocycles. The van der Waals surface area contributed by atoms with Crippen molar-refractivity contribution in [3.8, 4) is 0 Å². The van der Waals surface area contributed by atoms with Gasteiger partial charge in [0.25, 0.3) is 0 Å². The van der Waals surface area contributed by atoms with Gasteiger partial charge in [0.05, 0.1) is 5.69 Å². The van der Waals surface area contributed by atoms with E-state index in [0.29, 0.717) is 23.9 Å². The maximum absolute atomic E-state index is 5.88. The zero-order valence-electron chi connectivity index (χ0n) is 16.8. The fourth-order valence-corrected chi connectivity index (χ4v) is 4.24. The molecule has 1 aromatic rings. The summed E-state index contributed by atoms with van der Waals surface area (Å²) in [7, 11) is 0. The number of anilines is 1. The normalized spacial score (nSPS) is 17.2. The molecule has 28 heavy (non-hydrogen) atoms. The molecule has 2 aliphatic rings. The average Bonchev–Trinajstić information content (AvgIpc) is 2.76. The highest BCUT2D eigenvalue weighted by Crippen LogP contribution is 2.36. The first kappa shape index (κ1) is 20.1. The molecule has 0 unspecified atom stereocenters. The number of aliphatic imine (C=N–C) groups is 3. The van der Waals surface area contributed by atoms with E-state index in [9.17, 15) is 0 Å². The zero-order valence-corrected chi connectivity index (χ0v) is 17.6. The summed E-state index contributed by atoms with van der Waals surface area (Å²) in [5.74, 6) is 2.92. The van der Waals surface area contributed by atoms with Crippen LogP contribution in [-0.4, -0.2) is 36.7 Å². The molecule has 0 saturated carbocycles. The molecule has 2 N–H and O–H groups in total. The maximum atomic E-state index is 5.88. The first-order valence-corrected chi connectivity index (χ1v) is 10.3. The molecule has 0 amide bonds. The van der Waals surface area contributed by atoms with Gasteiger partial charge in [0.2, 0.25) is 0 Å². The van der Waals surface area contributed by atoms with Crippen molar-refractivity contribution in [1.29, 1.82) is 0 Å². The van der Waals surface area contributed by atoms with Gasteiger partial charge in [-0.3, -0.25) is 0 Å². The predicted octanol–water partition coefficient (Wildman–Crippen LogP) is 4.67. The highest BCUT2D eigenvalue weighted by molar-refractivity contribution is 7.99. The van der Waals surface area contributed by atoms with Gasteiger partial charge in [-0.2, -0.15) is 0 Å². The van der Waals surface area contributed by atoms with Gasteiger partial charge in [-0.1, -0.05) is 24.8 Å². The van der Waals surface area contributed by atoms with E-state index in [1.54, 1.807) is 6.21 Å². The summed E-state index contributed by atoms with van der Waals surface area (Å²) in [6, 6.07) is 6.55. The number of allylic oxidation sites excluding steroid dienone is 1. The summed E-state index contributed by atoms with van der Waals surface area (Å²) < 4.78 is 0. The van der Waals surface area contributed by atoms with Crippen LogP contribution >= 0.6 is 11.8 Å². The van der Waals surface area contributed by atoms with Crippen LogP contribution in [-0.2, 0) is 0 Å². The highest BCUT2D eigenvalue weighted by atomic mass is 32.2. The molecule has 0 saturated heterocycles. The maximum Gasteiger partial charge on any atom is 0.153 e. The second-order valence-corrected chi connectivity index (χ2v) is 8.33. The number of fused-ring (bicyclic) bond motifs is 1. The van der Waals surface area contributed by atoms with Crippen molar-refractivity contribution in [1.82, 2.24) is 0 Å². The molecule has 146 valence electrons. The Bertz CT molecular complexity index is 936. The number of benzene rings is 1. The average molecular weight is 394 g/mol. The highest BCUT2D eigenvalue weighted by Gasteiger charge is 2.18. The van der Waals surface area contributed by atoms with Crippen LogP contribution in [0.3, 0.4) is 0 Å². The third-order valence-corrected chi connectivity index (χ3v) is 5.60. The van der Waals surface area contributed by atoms with Crippen molar-refractivity contribution in [3.63, 3.8) is 0 Å². The van der Waals surface area contributed by atoms with Crippen LogP contribution in [0.1, 0.15) is 32.8 Å². The Morgan fingerprint density at radius 3 is 2.86 bits per heavy atom. The fourth-order valence-electron chi connectivity index (χ4n) is 3.16. The van der Waals surface area contributed by atoms with Gasteiger partial charge in [-0.15, -0.1) is 11.8 Å². The molecular weight excluding hydrogens is 366 g/mol. The van der Waals surface area contributed by atoms with Crippen molar-refractivity contribution >= 4 is 40.9 Å². The van der Waals surface area contributed by atoms with E-state index in [1.807, 2.05) is 32.5 Å². The number of hydrogen-bond acceptors (Lipinski definition) is 6. The summed E-state index contributed by atoms with van der Waals surface area (Å²) in [4.78, 5) is 16.9. The number of rotatable bonds is 5. The molecule has 0 aromatic heterocycles. The second kappa shape index (κ2) is 8.61. The third kappa shape index (κ3) is 4.81. The van der Waals surface area contributed by atoms with Crippen LogP contribution in [0.5, 0.6) is 0 Å². The van der Waals surface area contributed by atoms with Crippen molar-refractivity contribution in [3.05, 3.63) is 53.9 Å². The lowest BCUT2D eigenvalue weighted by Crippen LogP contribution is -2.31. The monoisotopic (exact) mass is 393 g/mol. The van der Waals surface area contributed by atoms with Crippen LogP contribution in [0, 0.1) is 0 Å². The lowest BCUT2D eigenvalue weighted by Gasteiger charge is -2.31. The minimum atomic E-state index is 0.569. The van der Waals surface area contributed by atoms with E-state index in [1.165, 1.54) is 16.1 Å². The van der Waals surface area contributed by atoms with Crippen LogP contribution in [0.4, 0.5) is 5.69 Å². The number of amidine groups is 2. The van der Waals surface area contributed by atoms with E-state index < -0.39 is 0 Å². The van der Waals surface area contributed by atoms with Crippen molar-refractivity contribution < 1.29 is 0 Å². The molecule has 0 aliphatic carbocycles. The summed E-state index contributed by atoms with van der Waals surface area (Å²) >= 11 is 1.89. The molecule has 2 heterocycles. The lowest BCUT2D eigenvalue weighted by atomic mass is 10.1. The number of hydrogen-bond donors (Lipinski definition) is 1. The minimum Gasteiger partial charge on any atom is -0.387 e. The van der Waals surface area contributed by atoms with E-state index >= 15 is 0 Å². The van der Waals surface area contributed by atoms with Gasteiger partial charge in [0.15, 0.2) is 5.82 Å². The summed E-state index contributed by atoms with van der Waals surface area (Å²) in [5.41, 5.74) is 11.4. The first-order valence-electron chi connectivity index (χ1n) is 9.31. The molecule has 0 fully saturated rings. The van der Waals surface area contributed by atoms with Gasteiger partial charge in [0, 0.05) is 36.4 Å². The molecule has 5 nitrogen and oxygen atoms in total. The van der Waals surface area contributed by atoms with Gasteiger partial charge in [-0.25, -0.2) is 15.0 Å². The summed E-state index contributed by atoms with van der Waals surface area (Å²) in [6.45, 7) is 15.8. The Hall–Kier alpha value is -2.60. The molecule has 0 atom stereocenters. The predicted molar refractivity (Wildman–Crippen MR) is 124 cm³/mol. The molecule has 3 rings (SSSR count). The Morgan fingerprint density at radius 2 is 2.11 bits per heavy atom. The molecule has 0 spiro atoms. The van der Waals surface area contributed by atoms with E-state index in [2.05, 4.69) is 51.2 Å². The molecule has 2 aliphatic heterocycles. The minimum absolute atomic E-state index is 0.569. The van der Waals surface area contributed by atoms with Crippen LogP contribution in [0.25, 0.3) is 5.57 Å². The van der Waals surface area contributed by atoms with Gasteiger partial charge in [-0.05, 0) is 49.6 Å². The zero-order chi connectivity index (χ0) is 20.3. The Kier molecular flexibility index (Phi) is 6.19. The summed E-state index contributed by atoms with van der Waals surface area (Å²) in [6.07, 6.45) is 2.39. The topological polar surface area (TPSA) is 66.3 Å². The fraction of sp³-hybridized carbons (Fsp3) is 0.318. The molecular formula is C22H27N5S. The molecule has 0 bridgehead atoms. The molecule has 0 radical (unpaired) electrons. The van der Waals surface area contributed by atoms with Crippen molar-refractivity contribution in [2.45, 2.75) is 32.1 Å². The van der Waals surface area contributed by atoms with E-state index in [4.69, 9.17) is 5.73 Å². The smallest absolute Gasteiger partial charge is 0.153 e. The second-order valence-electron chi connectivity index (χ2n) is 7.19. The quantitative estimate of drug-likeness (QED) is 0.739. The van der Waals surface area contributed by atoms with Crippen molar-refractivity contribution in [2.24, 2.45) is 20.7 Å². The largest absolute Gasteiger partial charge is 0.387 e. The first-order chi connectivity index (χ1) is 13.3. The number of thioether (sulfide) groups is 1. The van der Waals surface area contributed by atoms with Crippen molar-refractivity contribution in [2.75, 3.05) is 23.7 Å². The van der Waals surface area contributed by atoms with E-state index in [-0.39, 0.29) is 0 Å². The summed E-state index contributed by atoms with van der Waals surface area (Å²) in [5, 5.41) is 0. The lowest BCUT2D eigenvalue weighted by molar-refractivity contribution is 0.878. The van der Waals surface area contributed by atoms with Crippen LogP contribution in [0.2, 0.25) is 0 Å². The van der Waals surface area contributed by atoms with Crippen LogP contribution < -0.4 is 10.6 Å². The van der Waals surface area contributed by atoms with Gasteiger partial charge < -0.3 is 10.6 Å². The molecule has 6 heteroatoms. The van der Waals surface area contributed by atoms with Gasteiger partial charge >= 0.3 is 0 Å². The standard InChI is InChI=1S/C22H27N5S/c1-14(2)18-6-7-19-20(11-18)28-9-8-27(19)13-15(3)12-24-22-16(4)10-21(23)25-17(5)26-22/h6-7,11-12H,1,3,8-10,13H2,2,4-5H3,(H2,23,25,26)/b24-12-.